The van der Waals surface area contributed by atoms with Gasteiger partial charge in [0.15, 0.2) is 6.73 Å². The van der Waals surface area contributed by atoms with Crippen molar-refractivity contribution in [3.8, 4) is 5.75 Å². The lowest BCUT2D eigenvalue weighted by Gasteiger charge is -2.10. The van der Waals surface area contributed by atoms with Gasteiger partial charge in [-0.2, -0.15) is 0 Å². The predicted molar refractivity (Wildman–Crippen MR) is 86.6 cm³/mol. The Morgan fingerprint density at radius 3 is 2.64 bits per heavy atom. The van der Waals surface area contributed by atoms with Crippen LogP contribution in [0, 0.1) is 5.92 Å². The number of nitrogens with zero attached hydrogens (tertiary/aromatic N) is 2. The minimum atomic E-state index is 0.614. The molecule has 0 aliphatic rings. The second kappa shape index (κ2) is 9.26. The molecule has 0 amide bonds. The lowest BCUT2D eigenvalue weighted by atomic mass is 10.1. The van der Waals surface area contributed by atoms with Gasteiger partial charge in [-0.25, -0.2) is 9.13 Å². The van der Waals surface area contributed by atoms with Crippen molar-refractivity contribution >= 4 is 0 Å². The van der Waals surface area contributed by atoms with Crippen molar-refractivity contribution in [1.82, 2.24) is 4.57 Å². The van der Waals surface area contributed by atoms with Gasteiger partial charge < -0.3 is 9.47 Å². The van der Waals surface area contributed by atoms with Gasteiger partial charge in [-0.15, -0.1) is 0 Å². The quantitative estimate of drug-likeness (QED) is 0.630. The fraction of sp³-hybridized carbons (Fsp3) is 0.500. The topological polar surface area (TPSA) is 27.3 Å². The number of ether oxygens (including phenoxy) is 2. The van der Waals surface area contributed by atoms with Crippen molar-refractivity contribution in [3.05, 3.63) is 49.1 Å². The number of para-hydroxylation sites is 1. The highest BCUT2D eigenvalue weighted by Crippen LogP contribution is 2.08. The van der Waals surface area contributed by atoms with Crippen molar-refractivity contribution in [2.24, 2.45) is 5.92 Å². The first kappa shape index (κ1) is 16.6. The van der Waals surface area contributed by atoms with E-state index in [-0.39, 0.29) is 0 Å². The van der Waals surface area contributed by atoms with Gasteiger partial charge in [0.1, 0.15) is 31.3 Å². The third-order valence-corrected chi connectivity index (χ3v) is 3.86. The molecule has 120 valence electrons. The number of hydrogen-bond acceptors (Lipinski definition) is 2. The van der Waals surface area contributed by atoms with Crippen LogP contribution in [0.5, 0.6) is 5.75 Å². The van der Waals surface area contributed by atoms with Gasteiger partial charge in [0.25, 0.3) is 0 Å². The van der Waals surface area contributed by atoms with E-state index in [0.29, 0.717) is 19.3 Å². The lowest BCUT2D eigenvalue weighted by molar-refractivity contribution is -0.732. The zero-order valence-electron chi connectivity index (χ0n) is 13.6. The van der Waals surface area contributed by atoms with Crippen LogP contribution in [0.1, 0.15) is 26.7 Å². The highest BCUT2D eigenvalue weighted by atomic mass is 16.5. The molecule has 0 atom stereocenters. The SMILES string of the molecule is CCC(CC)COC[n+]1ccn(CCOc2ccccc2)c1. The maximum Gasteiger partial charge on any atom is 0.245 e. The minimum Gasteiger partial charge on any atom is -0.489 e. The second-order valence-corrected chi connectivity index (χ2v) is 5.51. The summed E-state index contributed by atoms with van der Waals surface area (Å²) in [6, 6.07) is 9.90. The van der Waals surface area contributed by atoms with E-state index in [2.05, 4.69) is 35.5 Å². The number of aromatic nitrogens is 2. The van der Waals surface area contributed by atoms with Crippen LogP contribution < -0.4 is 9.30 Å². The molecular formula is C18H27N2O2+. The van der Waals surface area contributed by atoms with Crippen molar-refractivity contribution in [2.75, 3.05) is 13.2 Å². The van der Waals surface area contributed by atoms with Gasteiger partial charge in [-0.1, -0.05) is 44.9 Å². The Morgan fingerprint density at radius 1 is 1.14 bits per heavy atom. The average molecular weight is 303 g/mol. The van der Waals surface area contributed by atoms with E-state index in [1.54, 1.807) is 0 Å². The third kappa shape index (κ3) is 5.53. The largest absolute Gasteiger partial charge is 0.489 e. The van der Waals surface area contributed by atoms with E-state index in [4.69, 9.17) is 9.47 Å². The Kier molecular flexibility index (Phi) is 6.97. The summed E-state index contributed by atoms with van der Waals surface area (Å²) in [5.41, 5.74) is 0. The summed E-state index contributed by atoms with van der Waals surface area (Å²) in [5, 5.41) is 0. The Hall–Kier alpha value is -1.81. The van der Waals surface area contributed by atoms with E-state index in [0.717, 1.165) is 18.9 Å². The van der Waals surface area contributed by atoms with Crippen LogP contribution in [0.2, 0.25) is 0 Å². The summed E-state index contributed by atoms with van der Waals surface area (Å²) in [4.78, 5) is 0. The van der Waals surface area contributed by atoms with E-state index in [1.807, 2.05) is 36.5 Å². The molecular weight excluding hydrogens is 276 g/mol. The first-order valence-corrected chi connectivity index (χ1v) is 8.12. The zero-order valence-corrected chi connectivity index (χ0v) is 13.6. The van der Waals surface area contributed by atoms with Crippen molar-refractivity contribution < 1.29 is 14.0 Å². The summed E-state index contributed by atoms with van der Waals surface area (Å²) >= 11 is 0. The molecule has 0 fully saturated rings. The maximum absolute atomic E-state index is 5.77. The summed E-state index contributed by atoms with van der Waals surface area (Å²) in [6.07, 6.45) is 8.50. The standard InChI is InChI=1S/C18H27N2O2/c1-3-17(4-2)14-21-16-20-11-10-19(15-20)12-13-22-18-8-6-5-7-9-18/h5-11,15,17H,3-4,12-14,16H2,1-2H3/q+1. The van der Waals surface area contributed by atoms with Crippen LogP contribution in [0.15, 0.2) is 49.1 Å². The van der Waals surface area contributed by atoms with Crippen LogP contribution in [0.4, 0.5) is 0 Å². The van der Waals surface area contributed by atoms with Crippen LogP contribution in [-0.4, -0.2) is 17.8 Å². The summed E-state index contributed by atoms with van der Waals surface area (Å²) in [5.74, 6) is 1.58. The Morgan fingerprint density at radius 2 is 1.91 bits per heavy atom. The van der Waals surface area contributed by atoms with E-state index >= 15 is 0 Å². The molecule has 2 aromatic rings. The van der Waals surface area contributed by atoms with Crippen molar-refractivity contribution in [1.29, 1.82) is 0 Å². The van der Waals surface area contributed by atoms with Crippen molar-refractivity contribution in [3.63, 3.8) is 0 Å². The molecule has 1 aromatic heterocycles. The minimum absolute atomic E-state index is 0.614. The Bertz CT molecular complexity index is 521. The fourth-order valence-corrected chi connectivity index (χ4v) is 2.28. The molecule has 4 heteroatoms. The zero-order chi connectivity index (χ0) is 15.6. The van der Waals surface area contributed by atoms with E-state index < -0.39 is 0 Å². The van der Waals surface area contributed by atoms with Crippen LogP contribution in [0.25, 0.3) is 0 Å². The van der Waals surface area contributed by atoms with Crippen LogP contribution >= 0.6 is 0 Å². The highest BCUT2D eigenvalue weighted by molar-refractivity contribution is 5.20. The monoisotopic (exact) mass is 303 g/mol. The van der Waals surface area contributed by atoms with Gasteiger partial charge in [0.05, 0.1) is 6.61 Å². The molecule has 0 saturated carbocycles. The van der Waals surface area contributed by atoms with E-state index in [9.17, 15) is 0 Å². The predicted octanol–water partition coefficient (Wildman–Crippen LogP) is 3.26. The fourth-order valence-electron chi connectivity index (χ4n) is 2.28. The molecule has 0 spiro atoms. The third-order valence-electron chi connectivity index (χ3n) is 3.86. The number of hydrogen-bond donors (Lipinski definition) is 0. The number of imidazole rings is 1. The first-order valence-electron chi connectivity index (χ1n) is 8.12. The van der Waals surface area contributed by atoms with Crippen molar-refractivity contribution in [2.45, 2.75) is 40.0 Å². The molecule has 0 saturated heterocycles. The van der Waals surface area contributed by atoms with Crippen LogP contribution in [0.3, 0.4) is 0 Å². The molecule has 1 heterocycles. The molecule has 0 N–H and O–H groups in total. The smallest absolute Gasteiger partial charge is 0.245 e. The van der Waals surface area contributed by atoms with Gasteiger partial charge >= 0.3 is 0 Å². The molecule has 22 heavy (non-hydrogen) atoms. The van der Waals surface area contributed by atoms with Gasteiger partial charge in [-0.05, 0) is 18.1 Å². The molecule has 1 aromatic carbocycles. The molecule has 0 unspecified atom stereocenters. The molecule has 4 nitrogen and oxygen atoms in total. The Balaban J connectivity index is 1.68. The van der Waals surface area contributed by atoms with Gasteiger partial charge in [-0.3, -0.25) is 0 Å². The molecule has 2 rings (SSSR count). The normalized spacial score (nSPS) is 11.0. The molecule has 0 aliphatic heterocycles. The first-order chi connectivity index (χ1) is 10.8. The average Bonchev–Trinajstić information content (AvgIpc) is 3.00. The second-order valence-electron chi connectivity index (χ2n) is 5.51. The van der Waals surface area contributed by atoms with Gasteiger partial charge in [0.2, 0.25) is 6.33 Å². The summed E-state index contributed by atoms with van der Waals surface area (Å²) in [6.45, 7) is 7.37. The number of benzene rings is 1. The highest BCUT2D eigenvalue weighted by Gasteiger charge is 2.07. The maximum atomic E-state index is 5.77. The molecule has 0 bridgehead atoms. The lowest BCUT2D eigenvalue weighted by Crippen LogP contribution is -2.33. The molecule has 0 radical (unpaired) electrons. The summed E-state index contributed by atoms with van der Waals surface area (Å²) in [7, 11) is 0. The van der Waals surface area contributed by atoms with E-state index in [1.165, 1.54) is 12.8 Å². The van der Waals surface area contributed by atoms with Crippen LogP contribution in [-0.2, 0) is 18.0 Å². The Labute approximate surface area is 133 Å². The summed E-state index contributed by atoms with van der Waals surface area (Å²) < 4.78 is 15.6. The molecule has 0 aliphatic carbocycles. The number of rotatable bonds is 10. The van der Waals surface area contributed by atoms with Gasteiger partial charge in [0, 0.05) is 0 Å².